The number of carbonyl (C=O) groups excluding carboxylic acids is 3. The van der Waals surface area contributed by atoms with Gasteiger partial charge in [-0.25, -0.2) is 4.79 Å². The zero-order chi connectivity index (χ0) is 18.7. The quantitative estimate of drug-likeness (QED) is 0.792. The number of carbonyl (C=O) groups is 3. The molecule has 6 nitrogen and oxygen atoms in total. The Labute approximate surface area is 156 Å². The standard InChI is InChI=1S/C19H18ClN3O3/c1-2-19(13-7-4-3-5-8-13)17(25)23(18(26)22-19)12-16(24)21-15-10-6-9-14(20)11-15/h3-11H,2,12H2,1H3,(H,21,24)(H,22,26)/t19-/m1/s1. The van der Waals surface area contributed by atoms with Gasteiger partial charge in [-0.1, -0.05) is 54.9 Å². The van der Waals surface area contributed by atoms with Gasteiger partial charge >= 0.3 is 6.03 Å². The molecule has 0 aliphatic carbocycles. The summed E-state index contributed by atoms with van der Waals surface area (Å²) < 4.78 is 0. The Kier molecular flexibility index (Phi) is 4.95. The molecule has 0 radical (unpaired) electrons. The first-order valence-corrected chi connectivity index (χ1v) is 8.59. The van der Waals surface area contributed by atoms with Crippen LogP contribution in [0.25, 0.3) is 0 Å². The van der Waals surface area contributed by atoms with Gasteiger partial charge in [0.15, 0.2) is 0 Å². The molecule has 0 aromatic heterocycles. The highest BCUT2D eigenvalue weighted by Gasteiger charge is 2.51. The molecule has 1 atom stereocenters. The van der Waals surface area contributed by atoms with Gasteiger partial charge in [0.2, 0.25) is 5.91 Å². The Bertz CT molecular complexity index is 856. The lowest BCUT2D eigenvalue weighted by molar-refractivity contribution is -0.134. The van der Waals surface area contributed by atoms with E-state index in [2.05, 4.69) is 10.6 Å². The van der Waals surface area contributed by atoms with Crippen LogP contribution in [0.2, 0.25) is 5.02 Å². The number of halogens is 1. The van der Waals surface area contributed by atoms with Crippen LogP contribution in [0.15, 0.2) is 54.6 Å². The SMILES string of the molecule is CC[C@]1(c2ccccc2)NC(=O)N(CC(=O)Nc2cccc(Cl)c2)C1=O. The maximum atomic E-state index is 13.0. The van der Waals surface area contributed by atoms with E-state index in [9.17, 15) is 14.4 Å². The van der Waals surface area contributed by atoms with Crippen molar-refractivity contribution in [1.29, 1.82) is 0 Å². The first-order chi connectivity index (χ1) is 12.5. The molecular formula is C19H18ClN3O3. The number of amides is 4. The molecule has 3 rings (SSSR count). The molecule has 4 amide bonds. The molecule has 134 valence electrons. The van der Waals surface area contributed by atoms with Crippen LogP contribution in [-0.2, 0) is 15.1 Å². The molecule has 0 saturated carbocycles. The van der Waals surface area contributed by atoms with E-state index in [1.165, 1.54) is 0 Å². The van der Waals surface area contributed by atoms with Crippen molar-refractivity contribution in [2.45, 2.75) is 18.9 Å². The number of rotatable bonds is 5. The summed E-state index contributed by atoms with van der Waals surface area (Å²) in [6.07, 6.45) is 0.383. The predicted octanol–water partition coefficient (Wildman–Crippen LogP) is 3.14. The third kappa shape index (κ3) is 3.28. The number of imide groups is 1. The highest BCUT2D eigenvalue weighted by Crippen LogP contribution is 2.32. The molecule has 0 spiro atoms. The van der Waals surface area contributed by atoms with Crippen LogP contribution in [0.3, 0.4) is 0 Å². The van der Waals surface area contributed by atoms with Crippen molar-refractivity contribution in [1.82, 2.24) is 10.2 Å². The van der Waals surface area contributed by atoms with Crippen LogP contribution >= 0.6 is 11.6 Å². The van der Waals surface area contributed by atoms with Gasteiger partial charge in [0, 0.05) is 10.7 Å². The minimum absolute atomic E-state index is 0.369. The largest absolute Gasteiger partial charge is 0.325 e. The van der Waals surface area contributed by atoms with E-state index in [0.717, 1.165) is 4.90 Å². The van der Waals surface area contributed by atoms with Crippen molar-refractivity contribution in [3.8, 4) is 0 Å². The van der Waals surface area contributed by atoms with Crippen molar-refractivity contribution < 1.29 is 14.4 Å². The van der Waals surface area contributed by atoms with E-state index in [-0.39, 0.29) is 6.54 Å². The molecule has 1 heterocycles. The lowest BCUT2D eigenvalue weighted by Crippen LogP contribution is -2.44. The van der Waals surface area contributed by atoms with Crippen LogP contribution in [0.5, 0.6) is 0 Å². The van der Waals surface area contributed by atoms with Gasteiger partial charge < -0.3 is 10.6 Å². The monoisotopic (exact) mass is 371 g/mol. The van der Waals surface area contributed by atoms with E-state index in [4.69, 9.17) is 11.6 Å². The molecule has 1 fully saturated rings. The van der Waals surface area contributed by atoms with Gasteiger partial charge in [0.1, 0.15) is 12.1 Å². The summed E-state index contributed by atoms with van der Waals surface area (Å²) >= 11 is 5.89. The third-order valence-electron chi connectivity index (χ3n) is 4.38. The number of hydrogen-bond acceptors (Lipinski definition) is 3. The van der Waals surface area contributed by atoms with E-state index in [1.807, 2.05) is 13.0 Å². The number of hydrogen-bond donors (Lipinski definition) is 2. The molecule has 2 N–H and O–H groups in total. The van der Waals surface area contributed by atoms with Crippen LogP contribution in [0.4, 0.5) is 10.5 Å². The van der Waals surface area contributed by atoms with E-state index >= 15 is 0 Å². The Morgan fingerprint density at radius 1 is 1.15 bits per heavy atom. The molecule has 2 aromatic carbocycles. The molecule has 2 aromatic rings. The minimum Gasteiger partial charge on any atom is -0.324 e. The first-order valence-electron chi connectivity index (χ1n) is 8.21. The maximum Gasteiger partial charge on any atom is 0.325 e. The second kappa shape index (κ2) is 7.17. The average Bonchev–Trinajstić information content (AvgIpc) is 2.87. The van der Waals surface area contributed by atoms with Gasteiger partial charge in [-0.15, -0.1) is 0 Å². The van der Waals surface area contributed by atoms with Crippen LogP contribution in [0, 0.1) is 0 Å². The summed E-state index contributed by atoms with van der Waals surface area (Å²) in [4.78, 5) is 38.5. The molecule has 26 heavy (non-hydrogen) atoms. The number of anilines is 1. The number of benzene rings is 2. The van der Waals surface area contributed by atoms with Crippen LogP contribution in [0.1, 0.15) is 18.9 Å². The molecular weight excluding hydrogens is 354 g/mol. The Balaban J connectivity index is 1.77. The fraction of sp³-hybridized carbons (Fsp3) is 0.211. The first kappa shape index (κ1) is 17.9. The third-order valence-corrected chi connectivity index (χ3v) is 4.62. The van der Waals surface area contributed by atoms with Crippen molar-refractivity contribution in [2.24, 2.45) is 0 Å². The number of nitrogens with one attached hydrogen (secondary N) is 2. The Morgan fingerprint density at radius 2 is 1.88 bits per heavy atom. The lowest BCUT2D eigenvalue weighted by atomic mass is 9.87. The minimum atomic E-state index is -1.14. The predicted molar refractivity (Wildman–Crippen MR) is 98.7 cm³/mol. The zero-order valence-corrected chi connectivity index (χ0v) is 14.9. The van der Waals surface area contributed by atoms with E-state index in [0.29, 0.717) is 22.7 Å². The second-order valence-electron chi connectivity index (χ2n) is 6.00. The van der Waals surface area contributed by atoms with Gasteiger partial charge in [0.05, 0.1) is 0 Å². The highest BCUT2D eigenvalue weighted by atomic mass is 35.5. The lowest BCUT2D eigenvalue weighted by Gasteiger charge is -2.25. The fourth-order valence-electron chi connectivity index (χ4n) is 3.04. The Morgan fingerprint density at radius 3 is 2.54 bits per heavy atom. The summed E-state index contributed by atoms with van der Waals surface area (Å²) in [5.41, 5.74) is 0.0484. The van der Waals surface area contributed by atoms with Crippen LogP contribution in [-0.4, -0.2) is 29.3 Å². The van der Waals surface area contributed by atoms with Gasteiger partial charge in [0.25, 0.3) is 5.91 Å². The van der Waals surface area contributed by atoms with E-state index in [1.54, 1.807) is 48.5 Å². The number of nitrogens with zero attached hydrogens (tertiary/aromatic N) is 1. The van der Waals surface area contributed by atoms with Crippen LogP contribution < -0.4 is 10.6 Å². The molecule has 1 aliphatic rings. The normalized spacial score (nSPS) is 19.4. The summed E-state index contributed by atoms with van der Waals surface area (Å²) in [6.45, 7) is 1.45. The topological polar surface area (TPSA) is 78.5 Å². The number of urea groups is 1. The Hall–Kier alpha value is -2.86. The second-order valence-corrected chi connectivity index (χ2v) is 6.44. The fourth-order valence-corrected chi connectivity index (χ4v) is 3.23. The van der Waals surface area contributed by atoms with Gasteiger partial charge in [-0.05, 0) is 30.2 Å². The maximum absolute atomic E-state index is 13.0. The van der Waals surface area contributed by atoms with Crippen molar-refractivity contribution in [2.75, 3.05) is 11.9 Å². The highest BCUT2D eigenvalue weighted by molar-refractivity contribution is 6.30. The average molecular weight is 372 g/mol. The summed E-state index contributed by atoms with van der Waals surface area (Å²) in [5, 5.41) is 5.87. The van der Waals surface area contributed by atoms with Crippen molar-refractivity contribution in [3.05, 3.63) is 65.2 Å². The van der Waals surface area contributed by atoms with Gasteiger partial charge in [-0.3, -0.25) is 14.5 Å². The molecule has 0 bridgehead atoms. The molecule has 1 aliphatic heterocycles. The molecule has 0 unspecified atom stereocenters. The summed E-state index contributed by atoms with van der Waals surface area (Å²) in [6, 6.07) is 15.1. The van der Waals surface area contributed by atoms with E-state index < -0.39 is 23.4 Å². The van der Waals surface area contributed by atoms with Crippen molar-refractivity contribution in [3.63, 3.8) is 0 Å². The zero-order valence-electron chi connectivity index (χ0n) is 14.2. The molecule has 7 heteroatoms. The summed E-state index contributed by atoms with van der Waals surface area (Å²) in [7, 11) is 0. The summed E-state index contributed by atoms with van der Waals surface area (Å²) in [5.74, 6) is -0.909. The smallest absolute Gasteiger partial charge is 0.324 e. The van der Waals surface area contributed by atoms with Gasteiger partial charge in [-0.2, -0.15) is 0 Å². The molecule has 1 saturated heterocycles. The van der Waals surface area contributed by atoms with Crippen molar-refractivity contribution >= 4 is 35.1 Å².